The molecule has 2 nitrogen and oxygen atoms in total. The Kier molecular flexibility index (Phi) is 12.1. The van der Waals surface area contributed by atoms with E-state index in [-0.39, 0.29) is 11.6 Å². The van der Waals surface area contributed by atoms with Gasteiger partial charge >= 0.3 is 0 Å². The van der Waals surface area contributed by atoms with E-state index in [0.29, 0.717) is 11.4 Å². The van der Waals surface area contributed by atoms with E-state index in [9.17, 15) is 0 Å². The Morgan fingerprint density at radius 2 is 0.592 bits per heavy atom. The van der Waals surface area contributed by atoms with Crippen LogP contribution in [-0.2, 0) is 0 Å². The molecule has 0 N–H and O–H groups in total. The van der Waals surface area contributed by atoms with Crippen molar-refractivity contribution in [1.29, 1.82) is 0 Å². The number of nitrogens with zero attached hydrogens (tertiary/aromatic N) is 2. The molecule has 0 saturated heterocycles. The molecular formula is C72H58F2N2. The van der Waals surface area contributed by atoms with Crippen LogP contribution in [-0.4, -0.2) is 0 Å². The van der Waals surface area contributed by atoms with Crippen molar-refractivity contribution in [3.05, 3.63) is 262 Å². The van der Waals surface area contributed by atoms with Crippen molar-refractivity contribution in [2.45, 2.75) is 55.4 Å². The van der Waals surface area contributed by atoms with E-state index in [2.05, 4.69) is 211 Å². The fourth-order valence-corrected chi connectivity index (χ4v) is 12.2. The molecule has 12 rings (SSSR count). The van der Waals surface area contributed by atoms with Gasteiger partial charge in [-0.3, -0.25) is 0 Å². The molecule has 0 amide bonds. The SMILES string of the molecule is Cc1cc(C)cc(-c2ccc(F)c(N(c3ccccc3)c3ccc4ccc5c(N(c6ccccc6)c6c(F)ccc(-c7cc(C)cc(C)c7)c6-c6cc(C)cc(C)c6)ccc6ccc3c4c65)c2-c2cc(C)cc(C)c2)c1. The number of hydrogen-bond acceptors (Lipinski definition) is 2. The number of rotatable bonds is 10. The molecule has 12 aromatic rings. The summed E-state index contributed by atoms with van der Waals surface area (Å²) in [7, 11) is 0. The highest BCUT2D eigenvalue weighted by Gasteiger charge is 2.30. The van der Waals surface area contributed by atoms with Gasteiger partial charge in [-0.15, -0.1) is 0 Å². The minimum Gasteiger partial charge on any atom is -0.307 e. The number of anilines is 6. The van der Waals surface area contributed by atoms with Gasteiger partial charge in [-0.1, -0.05) is 202 Å². The molecule has 0 fully saturated rings. The molecule has 0 aliphatic heterocycles. The van der Waals surface area contributed by atoms with E-state index in [1.54, 1.807) is 12.1 Å². The van der Waals surface area contributed by atoms with Gasteiger partial charge in [0, 0.05) is 33.3 Å². The summed E-state index contributed by atoms with van der Waals surface area (Å²) in [5, 5.41) is 6.10. The zero-order chi connectivity index (χ0) is 52.5. The summed E-state index contributed by atoms with van der Waals surface area (Å²) in [6.45, 7) is 16.9. The highest BCUT2D eigenvalue weighted by molar-refractivity contribution is 6.28. The summed E-state index contributed by atoms with van der Waals surface area (Å²) >= 11 is 0. The molecule has 0 atom stereocenters. The third-order valence-corrected chi connectivity index (χ3v) is 14.9. The Bertz CT molecular complexity index is 3880. The second-order valence-electron chi connectivity index (χ2n) is 21.1. The van der Waals surface area contributed by atoms with Crippen molar-refractivity contribution >= 4 is 66.4 Å². The van der Waals surface area contributed by atoms with Gasteiger partial charge in [0.25, 0.3) is 0 Å². The molecule has 0 bridgehead atoms. The lowest BCUT2D eigenvalue weighted by Crippen LogP contribution is -2.15. The third kappa shape index (κ3) is 8.54. The molecule has 0 unspecified atom stereocenters. The van der Waals surface area contributed by atoms with E-state index in [4.69, 9.17) is 0 Å². The number of para-hydroxylation sites is 2. The molecule has 370 valence electrons. The molecule has 0 aliphatic carbocycles. The summed E-state index contributed by atoms with van der Waals surface area (Å²) in [6, 6.07) is 71.1. The Morgan fingerprint density at radius 3 is 0.921 bits per heavy atom. The highest BCUT2D eigenvalue weighted by atomic mass is 19.1. The Labute approximate surface area is 445 Å². The normalized spacial score (nSPS) is 11.6. The summed E-state index contributed by atoms with van der Waals surface area (Å²) < 4.78 is 35.6. The van der Waals surface area contributed by atoms with Crippen molar-refractivity contribution in [2.75, 3.05) is 9.80 Å². The zero-order valence-corrected chi connectivity index (χ0v) is 44.3. The Balaban J connectivity index is 1.16. The van der Waals surface area contributed by atoms with Crippen molar-refractivity contribution in [3.8, 4) is 44.5 Å². The number of aryl methyl sites for hydroxylation is 8. The van der Waals surface area contributed by atoms with Gasteiger partial charge in [-0.05, 0) is 159 Å². The number of hydrogen-bond donors (Lipinski definition) is 0. The smallest absolute Gasteiger partial charge is 0.147 e. The Hall–Kier alpha value is -8.86. The molecule has 0 aliphatic rings. The van der Waals surface area contributed by atoms with Gasteiger partial charge in [0.2, 0.25) is 0 Å². The van der Waals surface area contributed by atoms with Crippen LogP contribution in [0.2, 0.25) is 0 Å². The van der Waals surface area contributed by atoms with Crippen LogP contribution in [0.25, 0.3) is 76.8 Å². The second kappa shape index (κ2) is 19.1. The average molecular weight is 989 g/mol. The van der Waals surface area contributed by atoms with Crippen LogP contribution in [0.5, 0.6) is 0 Å². The van der Waals surface area contributed by atoms with Crippen LogP contribution in [0.1, 0.15) is 44.5 Å². The van der Waals surface area contributed by atoms with Gasteiger partial charge < -0.3 is 9.80 Å². The highest BCUT2D eigenvalue weighted by Crippen LogP contribution is 2.53. The van der Waals surface area contributed by atoms with E-state index in [1.807, 2.05) is 48.5 Å². The van der Waals surface area contributed by atoms with Crippen LogP contribution < -0.4 is 9.80 Å². The van der Waals surface area contributed by atoms with Crippen molar-refractivity contribution in [1.82, 2.24) is 0 Å². The topological polar surface area (TPSA) is 6.48 Å². The van der Waals surface area contributed by atoms with Crippen LogP contribution in [0.15, 0.2) is 206 Å². The maximum absolute atomic E-state index is 17.8. The summed E-state index contributed by atoms with van der Waals surface area (Å²) in [4.78, 5) is 4.25. The molecule has 4 heteroatoms. The lowest BCUT2D eigenvalue weighted by molar-refractivity contribution is 0.629. The fourth-order valence-electron chi connectivity index (χ4n) is 12.2. The lowest BCUT2D eigenvalue weighted by atomic mass is 9.88. The minimum atomic E-state index is -0.331. The fraction of sp³-hybridized carbons (Fsp3) is 0.111. The first-order valence-corrected chi connectivity index (χ1v) is 26.2. The van der Waals surface area contributed by atoms with Crippen LogP contribution in [0.3, 0.4) is 0 Å². The van der Waals surface area contributed by atoms with E-state index in [1.165, 1.54) is 0 Å². The summed E-state index contributed by atoms with van der Waals surface area (Å²) in [5.74, 6) is -0.662. The number of benzene rings is 12. The standard InChI is InChI=1S/C72H58F2N2/c1-43-31-44(2)36-53(35-43)59-25-27-63(73)71(69(59)55-39-47(5)33-48(6)40-55)75(57-15-11-9-12-16-57)65-29-21-51-20-24-62-66(30-22-52-19-23-61(65)67(51)68(52)62)76(58-17-13-10-14-18-58)72-64(74)28-26-60(54-37-45(3)32-46(4)38-54)70(72)56-41-49(7)34-50(8)42-56/h9-42H,1-8H3. The van der Waals surface area contributed by atoms with Crippen LogP contribution >= 0.6 is 0 Å². The van der Waals surface area contributed by atoms with E-state index < -0.39 is 0 Å². The summed E-state index contributed by atoms with van der Waals surface area (Å²) in [6.07, 6.45) is 0. The predicted molar refractivity (Wildman–Crippen MR) is 319 cm³/mol. The lowest BCUT2D eigenvalue weighted by Gasteiger charge is -2.32. The maximum atomic E-state index is 17.8. The molecular weight excluding hydrogens is 931 g/mol. The van der Waals surface area contributed by atoms with Crippen molar-refractivity contribution in [2.24, 2.45) is 0 Å². The number of halogens is 2. The second-order valence-corrected chi connectivity index (χ2v) is 21.1. The first-order valence-electron chi connectivity index (χ1n) is 26.2. The molecule has 0 saturated carbocycles. The van der Waals surface area contributed by atoms with Crippen LogP contribution in [0, 0.1) is 67.0 Å². The van der Waals surface area contributed by atoms with Crippen molar-refractivity contribution < 1.29 is 8.78 Å². The molecule has 0 spiro atoms. The molecule has 0 aromatic heterocycles. The maximum Gasteiger partial charge on any atom is 0.147 e. The van der Waals surface area contributed by atoms with Gasteiger partial charge in [0.05, 0.1) is 22.7 Å². The molecule has 0 heterocycles. The van der Waals surface area contributed by atoms with Crippen molar-refractivity contribution in [3.63, 3.8) is 0 Å². The zero-order valence-electron chi connectivity index (χ0n) is 44.3. The van der Waals surface area contributed by atoms with E-state index in [0.717, 1.165) is 144 Å². The first kappa shape index (κ1) is 48.1. The first-order chi connectivity index (χ1) is 36.8. The average Bonchev–Trinajstić information content (AvgIpc) is 3.43. The predicted octanol–water partition coefficient (Wildman–Crippen LogP) is 20.9. The monoisotopic (exact) mass is 988 g/mol. The van der Waals surface area contributed by atoms with Gasteiger partial charge in [0.1, 0.15) is 11.6 Å². The minimum absolute atomic E-state index is 0.331. The summed E-state index contributed by atoms with van der Waals surface area (Å²) in [5.41, 5.74) is 20.7. The van der Waals surface area contributed by atoms with Gasteiger partial charge in [-0.2, -0.15) is 0 Å². The van der Waals surface area contributed by atoms with Crippen LogP contribution in [0.4, 0.5) is 42.9 Å². The van der Waals surface area contributed by atoms with Gasteiger partial charge in [-0.25, -0.2) is 8.78 Å². The Morgan fingerprint density at radius 1 is 0.289 bits per heavy atom. The molecule has 76 heavy (non-hydrogen) atoms. The quantitative estimate of drug-likeness (QED) is 0.126. The molecule has 0 radical (unpaired) electrons. The van der Waals surface area contributed by atoms with E-state index >= 15 is 8.78 Å². The third-order valence-electron chi connectivity index (χ3n) is 14.9. The van der Waals surface area contributed by atoms with Gasteiger partial charge in [0.15, 0.2) is 0 Å². The molecule has 12 aromatic carbocycles. The largest absolute Gasteiger partial charge is 0.307 e.